The van der Waals surface area contributed by atoms with Crippen molar-refractivity contribution in [2.45, 2.75) is 19.8 Å². The second-order valence-corrected chi connectivity index (χ2v) is 4.97. The number of benzene rings is 1. The molecule has 1 aromatic heterocycles. The van der Waals surface area contributed by atoms with Crippen LogP contribution in [0, 0.1) is 0 Å². The standard InChI is InChI=1S/C15H15ClN2O/c1-10(2)15-17-12(9-14(19)18-15)8-7-11-5-3-4-6-13(11)16/h3-10H,1-2H3,(H,17,18,19)/b8-7+. The summed E-state index contributed by atoms with van der Waals surface area (Å²) < 4.78 is 0. The molecule has 2 aromatic rings. The molecule has 0 fully saturated rings. The molecule has 0 unspecified atom stereocenters. The zero-order valence-electron chi connectivity index (χ0n) is 10.9. The summed E-state index contributed by atoms with van der Waals surface area (Å²) >= 11 is 6.06. The average molecular weight is 275 g/mol. The summed E-state index contributed by atoms with van der Waals surface area (Å²) in [6.45, 7) is 3.97. The number of aromatic nitrogens is 2. The average Bonchev–Trinajstić information content (AvgIpc) is 2.37. The molecule has 2 rings (SSSR count). The second-order valence-electron chi connectivity index (χ2n) is 4.57. The Hall–Kier alpha value is -1.87. The van der Waals surface area contributed by atoms with Gasteiger partial charge in [0.15, 0.2) is 0 Å². The third-order valence-electron chi connectivity index (χ3n) is 2.67. The van der Waals surface area contributed by atoms with Gasteiger partial charge in [0.2, 0.25) is 0 Å². The van der Waals surface area contributed by atoms with E-state index in [-0.39, 0.29) is 11.5 Å². The quantitative estimate of drug-likeness (QED) is 0.927. The van der Waals surface area contributed by atoms with E-state index >= 15 is 0 Å². The predicted octanol–water partition coefficient (Wildman–Crippen LogP) is 3.72. The number of H-pyrrole nitrogens is 1. The maximum atomic E-state index is 11.5. The number of hydrogen-bond acceptors (Lipinski definition) is 2. The number of halogens is 1. The molecule has 0 atom stereocenters. The van der Waals surface area contributed by atoms with Crippen LogP contribution in [0.15, 0.2) is 35.1 Å². The van der Waals surface area contributed by atoms with Crippen LogP contribution in [0.1, 0.15) is 36.8 Å². The van der Waals surface area contributed by atoms with Crippen LogP contribution in [0.25, 0.3) is 12.2 Å². The van der Waals surface area contributed by atoms with Crippen molar-refractivity contribution in [1.29, 1.82) is 0 Å². The van der Waals surface area contributed by atoms with Crippen LogP contribution in [0.4, 0.5) is 0 Å². The van der Waals surface area contributed by atoms with Gasteiger partial charge in [-0.25, -0.2) is 4.98 Å². The van der Waals surface area contributed by atoms with Gasteiger partial charge in [0.05, 0.1) is 5.69 Å². The Bertz CT molecular complexity index is 659. The first kappa shape index (κ1) is 13.6. The first-order chi connectivity index (χ1) is 9.06. The molecule has 0 saturated carbocycles. The lowest BCUT2D eigenvalue weighted by Gasteiger charge is -2.04. The van der Waals surface area contributed by atoms with E-state index < -0.39 is 0 Å². The van der Waals surface area contributed by atoms with Gasteiger partial charge in [-0.2, -0.15) is 0 Å². The van der Waals surface area contributed by atoms with Crippen LogP contribution in [0.5, 0.6) is 0 Å². The summed E-state index contributed by atoms with van der Waals surface area (Å²) in [4.78, 5) is 18.7. The van der Waals surface area contributed by atoms with Crippen LogP contribution in [0.3, 0.4) is 0 Å². The summed E-state index contributed by atoms with van der Waals surface area (Å²) in [6.07, 6.45) is 3.65. The van der Waals surface area contributed by atoms with Gasteiger partial charge in [-0.3, -0.25) is 4.79 Å². The summed E-state index contributed by atoms with van der Waals surface area (Å²) in [7, 11) is 0. The Morgan fingerprint density at radius 2 is 2.00 bits per heavy atom. The lowest BCUT2D eigenvalue weighted by Crippen LogP contribution is -2.12. The highest BCUT2D eigenvalue weighted by molar-refractivity contribution is 6.32. The van der Waals surface area contributed by atoms with E-state index in [1.165, 1.54) is 6.07 Å². The van der Waals surface area contributed by atoms with Gasteiger partial charge in [0.25, 0.3) is 5.56 Å². The molecule has 0 radical (unpaired) electrons. The van der Waals surface area contributed by atoms with Gasteiger partial charge in [0, 0.05) is 17.0 Å². The van der Waals surface area contributed by atoms with Gasteiger partial charge in [-0.05, 0) is 17.7 Å². The Labute approximate surface area is 117 Å². The van der Waals surface area contributed by atoms with Crippen molar-refractivity contribution in [3.05, 3.63) is 62.8 Å². The molecule has 1 aromatic carbocycles. The summed E-state index contributed by atoms with van der Waals surface area (Å²) in [5.41, 5.74) is 1.39. The van der Waals surface area contributed by atoms with Crippen molar-refractivity contribution < 1.29 is 0 Å². The maximum absolute atomic E-state index is 11.5. The van der Waals surface area contributed by atoms with E-state index in [0.29, 0.717) is 16.5 Å². The monoisotopic (exact) mass is 274 g/mol. The van der Waals surface area contributed by atoms with Crippen molar-refractivity contribution in [3.63, 3.8) is 0 Å². The highest BCUT2D eigenvalue weighted by atomic mass is 35.5. The Morgan fingerprint density at radius 1 is 1.26 bits per heavy atom. The predicted molar refractivity (Wildman–Crippen MR) is 79.3 cm³/mol. The van der Waals surface area contributed by atoms with E-state index in [1.807, 2.05) is 44.2 Å². The smallest absolute Gasteiger partial charge is 0.251 e. The fourth-order valence-corrected chi connectivity index (χ4v) is 1.84. The van der Waals surface area contributed by atoms with E-state index in [0.717, 1.165) is 5.56 Å². The van der Waals surface area contributed by atoms with Crippen molar-refractivity contribution in [1.82, 2.24) is 9.97 Å². The molecule has 0 bridgehead atoms. The summed E-state index contributed by atoms with van der Waals surface area (Å²) in [5, 5.41) is 0.674. The van der Waals surface area contributed by atoms with Crippen molar-refractivity contribution in [2.75, 3.05) is 0 Å². The summed E-state index contributed by atoms with van der Waals surface area (Å²) in [5.74, 6) is 0.868. The molecule has 0 aliphatic rings. The number of nitrogens with one attached hydrogen (secondary N) is 1. The molecule has 0 aliphatic carbocycles. The van der Waals surface area contributed by atoms with Crippen molar-refractivity contribution >= 4 is 23.8 Å². The highest BCUT2D eigenvalue weighted by Crippen LogP contribution is 2.17. The van der Waals surface area contributed by atoms with Crippen molar-refractivity contribution in [3.8, 4) is 0 Å². The Balaban J connectivity index is 2.34. The van der Waals surface area contributed by atoms with Gasteiger partial charge in [-0.1, -0.05) is 49.7 Å². The van der Waals surface area contributed by atoms with Gasteiger partial charge < -0.3 is 4.98 Å². The van der Waals surface area contributed by atoms with Crippen LogP contribution in [-0.4, -0.2) is 9.97 Å². The third-order valence-corrected chi connectivity index (χ3v) is 3.01. The lowest BCUT2D eigenvalue weighted by molar-refractivity contribution is 0.764. The molecule has 98 valence electrons. The zero-order valence-corrected chi connectivity index (χ0v) is 11.6. The highest BCUT2D eigenvalue weighted by Gasteiger charge is 2.03. The first-order valence-electron chi connectivity index (χ1n) is 6.10. The normalized spacial score (nSPS) is 11.4. The van der Waals surface area contributed by atoms with Crippen LogP contribution < -0.4 is 5.56 Å². The van der Waals surface area contributed by atoms with E-state index in [1.54, 1.807) is 6.08 Å². The molecule has 0 aliphatic heterocycles. The largest absolute Gasteiger partial charge is 0.310 e. The number of aromatic amines is 1. The molecule has 19 heavy (non-hydrogen) atoms. The molecule has 0 saturated heterocycles. The molecule has 1 heterocycles. The van der Waals surface area contributed by atoms with E-state index in [4.69, 9.17) is 11.6 Å². The fourth-order valence-electron chi connectivity index (χ4n) is 1.64. The van der Waals surface area contributed by atoms with Crippen LogP contribution in [-0.2, 0) is 0 Å². The number of nitrogens with zero attached hydrogens (tertiary/aromatic N) is 1. The molecule has 4 heteroatoms. The minimum atomic E-state index is -0.141. The minimum absolute atomic E-state index is 0.141. The second kappa shape index (κ2) is 5.85. The number of hydrogen-bond donors (Lipinski definition) is 1. The molecule has 0 spiro atoms. The van der Waals surface area contributed by atoms with Gasteiger partial charge >= 0.3 is 0 Å². The van der Waals surface area contributed by atoms with Gasteiger partial charge in [-0.15, -0.1) is 0 Å². The zero-order chi connectivity index (χ0) is 13.8. The molecule has 1 N–H and O–H groups in total. The maximum Gasteiger partial charge on any atom is 0.251 e. The Kier molecular flexibility index (Phi) is 4.17. The fraction of sp³-hybridized carbons (Fsp3) is 0.200. The molecule has 0 amide bonds. The first-order valence-corrected chi connectivity index (χ1v) is 6.48. The van der Waals surface area contributed by atoms with Gasteiger partial charge in [0.1, 0.15) is 5.82 Å². The summed E-state index contributed by atoms with van der Waals surface area (Å²) in [6, 6.07) is 9.00. The Morgan fingerprint density at radius 3 is 2.68 bits per heavy atom. The molecule has 3 nitrogen and oxygen atoms in total. The third kappa shape index (κ3) is 3.55. The van der Waals surface area contributed by atoms with Crippen molar-refractivity contribution in [2.24, 2.45) is 0 Å². The SMILES string of the molecule is CC(C)c1nc(/C=C/c2ccccc2Cl)cc(=O)[nH]1. The topological polar surface area (TPSA) is 45.8 Å². The van der Waals surface area contributed by atoms with Crippen LogP contribution >= 0.6 is 11.6 Å². The van der Waals surface area contributed by atoms with Crippen LogP contribution in [0.2, 0.25) is 5.02 Å². The van der Waals surface area contributed by atoms with E-state index in [2.05, 4.69) is 9.97 Å². The van der Waals surface area contributed by atoms with E-state index in [9.17, 15) is 4.79 Å². The molecular weight excluding hydrogens is 260 g/mol. The molecular formula is C15H15ClN2O. The minimum Gasteiger partial charge on any atom is -0.310 e. The lowest BCUT2D eigenvalue weighted by atomic mass is 10.2. The number of rotatable bonds is 3.